The van der Waals surface area contributed by atoms with E-state index in [1.165, 1.54) is 42.5 Å². The van der Waals surface area contributed by atoms with Crippen LogP contribution in [0, 0.1) is 6.92 Å². The van der Waals surface area contributed by atoms with Gasteiger partial charge in [0.05, 0.1) is 11.2 Å². The first-order valence-electron chi connectivity index (χ1n) is 5.80. The fraction of sp³-hybridized carbons (Fsp3) is 0.462. The molecule has 0 N–H and O–H groups in total. The first-order valence-corrected chi connectivity index (χ1v) is 5.80. The van der Waals surface area contributed by atoms with Crippen LogP contribution in [0.2, 0.25) is 0 Å². The van der Waals surface area contributed by atoms with Crippen molar-refractivity contribution in [3.05, 3.63) is 35.7 Å². The molecule has 78 valence electrons. The fourth-order valence-corrected chi connectivity index (χ4v) is 2.73. The van der Waals surface area contributed by atoms with E-state index in [1.54, 1.807) is 0 Å². The van der Waals surface area contributed by atoms with Crippen molar-refractivity contribution in [1.82, 2.24) is 9.61 Å². The number of fused-ring (bicyclic) bond motifs is 1. The summed E-state index contributed by atoms with van der Waals surface area (Å²) < 4.78 is 2.02. The van der Waals surface area contributed by atoms with Gasteiger partial charge in [-0.05, 0) is 37.5 Å². The number of hydrogen-bond acceptors (Lipinski definition) is 1. The maximum Gasteiger partial charge on any atom is 0.0695 e. The predicted octanol–water partition coefficient (Wildman–Crippen LogP) is 3.30. The SMILES string of the molecule is Cc1c(C2CCCC2)nn2ccccc12. The molecule has 0 saturated heterocycles. The maximum atomic E-state index is 4.71. The minimum absolute atomic E-state index is 0.713. The van der Waals surface area contributed by atoms with Crippen LogP contribution in [0.25, 0.3) is 5.52 Å². The number of aromatic nitrogens is 2. The fourth-order valence-electron chi connectivity index (χ4n) is 2.73. The van der Waals surface area contributed by atoms with Gasteiger partial charge in [0, 0.05) is 12.1 Å². The summed E-state index contributed by atoms with van der Waals surface area (Å²) in [5.74, 6) is 0.713. The average molecular weight is 200 g/mol. The Morgan fingerprint density at radius 3 is 2.80 bits per heavy atom. The van der Waals surface area contributed by atoms with Gasteiger partial charge in [-0.25, -0.2) is 4.52 Å². The molecule has 2 aromatic rings. The molecule has 0 unspecified atom stereocenters. The van der Waals surface area contributed by atoms with Gasteiger partial charge in [-0.15, -0.1) is 0 Å². The topological polar surface area (TPSA) is 17.3 Å². The second-order valence-corrected chi connectivity index (χ2v) is 4.52. The van der Waals surface area contributed by atoms with Crippen LogP contribution in [0.5, 0.6) is 0 Å². The van der Waals surface area contributed by atoms with Crippen LogP contribution in [0.3, 0.4) is 0 Å². The first-order chi connectivity index (χ1) is 7.36. The van der Waals surface area contributed by atoms with Gasteiger partial charge in [0.25, 0.3) is 0 Å². The van der Waals surface area contributed by atoms with Gasteiger partial charge in [0.2, 0.25) is 0 Å². The number of aryl methyl sites for hydroxylation is 1. The number of rotatable bonds is 1. The third-order valence-corrected chi connectivity index (χ3v) is 3.57. The first kappa shape index (κ1) is 8.96. The molecule has 0 radical (unpaired) electrons. The summed E-state index contributed by atoms with van der Waals surface area (Å²) in [4.78, 5) is 0. The van der Waals surface area contributed by atoms with E-state index in [0.717, 1.165) is 0 Å². The highest BCUT2D eigenvalue weighted by Crippen LogP contribution is 2.35. The van der Waals surface area contributed by atoms with Crippen molar-refractivity contribution in [1.29, 1.82) is 0 Å². The Morgan fingerprint density at radius 1 is 1.27 bits per heavy atom. The van der Waals surface area contributed by atoms with E-state index in [-0.39, 0.29) is 0 Å². The van der Waals surface area contributed by atoms with E-state index in [9.17, 15) is 0 Å². The molecule has 2 heteroatoms. The zero-order chi connectivity index (χ0) is 10.3. The number of nitrogens with zero attached hydrogens (tertiary/aromatic N) is 2. The molecule has 1 aliphatic carbocycles. The van der Waals surface area contributed by atoms with Gasteiger partial charge in [-0.2, -0.15) is 5.10 Å². The van der Waals surface area contributed by atoms with Crippen LogP contribution < -0.4 is 0 Å². The van der Waals surface area contributed by atoms with E-state index in [1.807, 2.05) is 16.8 Å². The van der Waals surface area contributed by atoms with E-state index in [0.29, 0.717) is 5.92 Å². The summed E-state index contributed by atoms with van der Waals surface area (Å²) in [5.41, 5.74) is 3.97. The Morgan fingerprint density at radius 2 is 2.07 bits per heavy atom. The van der Waals surface area contributed by atoms with Crippen LogP contribution in [0.1, 0.15) is 42.9 Å². The Labute approximate surface area is 89.9 Å². The van der Waals surface area contributed by atoms with Crippen molar-refractivity contribution in [2.45, 2.75) is 38.5 Å². The second-order valence-electron chi connectivity index (χ2n) is 4.52. The lowest BCUT2D eigenvalue weighted by atomic mass is 10.0. The second kappa shape index (κ2) is 3.37. The van der Waals surface area contributed by atoms with Gasteiger partial charge in [0.1, 0.15) is 0 Å². The predicted molar refractivity (Wildman–Crippen MR) is 61.1 cm³/mol. The highest BCUT2D eigenvalue weighted by atomic mass is 15.2. The lowest BCUT2D eigenvalue weighted by Crippen LogP contribution is -1.95. The summed E-state index contributed by atoms with van der Waals surface area (Å²) in [7, 11) is 0. The Kier molecular flexibility index (Phi) is 2.01. The Balaban J connectivity index is 2.14. The minimum atomic E-state index is 0.713. The van der Waals surface area contributed by atoms with Crippen LogP contribution in [-0.4, -0.2) is 9.61 Å². The van der Waals surface area contributed by atoms with Crippen molar-refractivity contribution in [2.75, 3.05) is 0 Å². The number of hydrogen-bond donors (Lipinski definition) is 0. The molecule has 0 bridgehead atoms. The molecule has 15 heavy (non-hydrogen) atoms. The highest BCUT2D eigenvalue weighted by molar-refractivity contribution is 5.56. The lowest BCUT2D eigenvalue weighted by Gasteiger charge is -2.05. The highest BCUT2D eigenvalue weighted by Gasteiger charge is 2.22. The summed E-state index contributed by atoms with van der Waals surface area (Å²) in [6.07, 6.45) is 7.44. The molecule has 2 nitrogen and oxygen atoms in total. The van der Waals surface area contributed by atoms with Gasteiger partial charge >= 0.3 is 0 Å². The third-order valence-electron chi connectivity index (χ3n) is 3.57. The smallest absolute Gasteiger partial charge is 0.0695 e. The molecule has 0 amide bonds. The van der Waals surface area contributed by atoms with E-state index < -0.39 is 0 Å². The molecule has 2 heterocycles. The molecule has 3 rings (SSSR count). The van der Waals surface area contributed by atoms with Crippen molar-refractivity contribution >= 4 is 5.52 Å². The van der Waals surface area contributed by atoms with Crippen molar-refractivity contribution in [3.8, 4) is 0 Å². The van der Waals surface area contributed by atoms with E-state index >= 15 is 0 Å². The van der Waals surface area contributed by atoms with Crippen LogP contribution in [0.4, 0.5) is 0 Å². The summed E-state index contributed by atoms with van der Waals surface area (Å²) >= 11 is 0. The number of pyridine rings is 1. The molecule has 0 aromatic carbocycles. The largest absolute Gasteiger partial charge is 0.240 e. The molecule has 1 aliphatic rings. The Bertz CT molecular complexity index is 478. The van der Waals surface area contributed by atoms with Crippen LogP contribution >= 0.6 is 0 Å². The normalized spacial score (nSPS) is 17.7. The monoisotopic (exact) mass is 200 g/mol. The summed E-state index contributed by atoms with van der Waals surface area (Å²) in [5, 5.41) is 4.71. The maximum absolute atomic E-state index is 4.71. The molecule has 0 spiro atoms. The van der Waals surface area contributed by atoms with Crippen LogP contribution in [0.15, 0.2) is 24.4 Å². The van der Waals surface area contributed by atoms with Gasteiger partial charge in [0.15, 0.2) is 0 Å². The van der Waals surface area contributed by atoms with E-state index in [4.69, 9.17) is 5.10 Å². The van der Waals surface area contributed by atoms with Gasteiger partial charge in [-0.3, -0.25) is 0 Å². The van der Waals surface area contributed by atoms with Crippen molar-refractivity contribution in [3.63, 3.8) is 0 Å². The molecular weight excluding hydrogens is 184 g/mol. The minimum Gasteiger partial charge on any atom is -0.240 e. The zero-order valence-electron chi connectivity index (χ0n) is 9.11. The van der Waals surface area contributed by atoms with Crippen molar-refractivity contribution < 1.29 is 0 Å². The molecule has 1 saturated carbocycles. The lowest BCUT2D eigenvalue weighted by molar-refractivity contribution is 0.681. The summed E-state index contributed by atoms with van der Waals surface area (Å²) in [6.45, 7) is 2.20. The van der Waals surface area contributed by atoms with Crippen LogP contribution in [-0.2, 0) is 0 Å². The zero-order valence-corrected chi connectivity index (χ0v) is 9.11. The van der Waals surface area contributed by atoms with Gasteiger partial charge in [-0.1, -0.05) is 18.9 Å². The molecular formula is C13H16N2. The quantitative estimate of drug-likeness (QED) is 0.690. The molecule has 0 aliphatic heterocycles. The third kappa shape index (κ3) is 1.36. The average Bonchev–Trinajstić information content (AvgIpc) is 2.87. The Hall–Kier alpha value is -1.31. The molecule has 2 aromatic heterocycles. The van der Waals surface area contributed by atoms with Gasteiger partial charge < -0.3 is 0 Å². The molecule has 0 atom stereocenters. The van der Waals surface area contributed by atoms with Crippen molar-refractivity contribution in [2.24, 2.45) is 0 Å². The standard InChI is InChI=1S/C13H16N2/c1-10-12-8-4-5-9-15(12)14-13(10)11-6-2-3-7-11/h4-5,8-9,11H,2-3,6-7H2,1H3. The molecule has 1 fully saturated rings. The summed E-state index contributed by atoms with van der Waals surface area (Å²) in [6, 6.07) is 6.28. The van der Waals surface area contributed by atoms with E-state index in [2.05, 4.69) is 19.1 Å².